The van der Waals surface area contributed by atoms with Crippen molar-refractivity contribution in [3.63, 3.8) is 0 Å². The molecule has 2 aromatic heterocycles. The summed E-state index contributed by atoms with van der Waals surface area (Å²) in [6.07, 6.45) is 1.96. The van der Waals surface area contributed by atoms with E-state index in [1.807, 2.05) is 42.6 Å². The molecule has 0 bridgehead atoms. The van der Waals surface area contributed by atoms with E-state index in [0.717, 1.165) is 65.7 Å². The number of pyridine rings is 2. The fraction of sp³-hybridized carbons (Fsp3) is 0. The van der Waals surface area contributed by atoms with Gasteiger partial charge in [-0.3, -0.25) is 4.98 Å². The third-order valence-corrected chi connectivity index (χ3v) is 7.91. The van der Waals surface area contributed by atoms with E-state index < -0.39 is 0 Å². The van der Waals surface area contributed by atoms with Gasteiger partial charge in [0.15, 0.2) is 0 Å². The molecule has 0 radical (unpaired) electrons. The van der Waals surface area contributed by atoms with Gasteiger partial charge in [0.05, 0.1) is 28.4 Å². The molecule has 3 heteroatoms. The molecule has 6 aromatic carbocycles. The van der Waals surface area contributed by atoms with E-state index in [4.69, 9.17) is 9.97 Å². The van der Waals surface area contributed by atoms with Crippen molar-refractivity contribution in [1.82, 2.24) is 9.97 Å². The Morgan fingerprint density at radius 2 is 1.27 bits per heavy atom. The van der Waals surface area contributed by atoms with E-state index in [1.54, 1.807) is 0 Å². The molecule has 8 aromatic rings. The summed E-state index contributed by atoms with van der Waals surface area (Å²) in [5, 5.41) is 18.5. The zero-order valence-electron chi connectivity index (χ0n) is 21.5. The van der Waals surface area contributed by atoms with Gasteiger partial charge in [-0.1, -0.05) is 97.1 Å². The van der Waals surface area contributed by atoms with Crippen LogP contribution < -0.4 is 0 Å². The van der Waals surface area contributed by atoms with E-state index in [1.165, 1.54) is 10.8 Å². The molecule has 8 rings (SSSR count). The lowest BCUT2D eigenvalue weighted by atomic mass is 9.92. The van der Waals surface area contributed by atoms with Crippen LogP contribution in [0.4, 0.5) is 0 Å². The first-order chi connectivity index (χ1) is 19.8. The molecule has 0 saturated heterocycles. The Morgan fingerprint density at radius 3 is 2.12 bits per heavy atom. The Balaban J connectivity index is 1.52. The van der Waals surface area contributed by atoms with Crippen molar-refractivity contribution >= 4 is 54.1 Å². The SMILES string of the molecule is N#Cc1ccc(-c2ccc3c(c2)nc(-c2ccccc2)c2ccc4ncc5ccccc5c4c23)c2ccccc12. The van der Waals surface area contributed by atoms with Crippen molar-refractivity contribution in [1.29, 1.82) is 5.26 Å². The maximum absolute atomic E-state index is 9.67. The topological polar surface area (TPSA) is 49.6 Å². The largest absolute Gasteiger partial charge is 0.256 e. The predicted octanol–water partition coefficient (Wildman–Crippen LogP) is 9.45. The van der Waals surface area contributed by atoms with Crippen LogP contribution in [-0.2, 0) is 0 Å². The quantitative estimate of drug-likeness (QED) is 0.219. The highest BCUT2D eigenvalue weighted by Crippen LogP contribution is 2.41. The van der Waals surface area contributed by atoms with Crippen molar-refractivity contribution in [2.24, 2.45) is 0 Å². The van der Waals surface area contributed by atoms with Crippen LogP contribution in [0.25, 0.3) is 76.5 Å². The monoisotopic (exact) mass is 507 g/mol. The standard InChI is InChI=1S/C37H21N3/c38-21-25-15-16-28(30-13-7-6-11-27(25)30)24-14-17-31-34(20-24)40-37(23-8-2-1-3-9-23)32-18-19-33-36(35(31)32)29-12-5-4-10-26(29)22-39-33/h1-20,22H. The Bertz CT molecular complexity index is 2330. The second kappa shape index (κ2) is 8.73. The number of hydrogen-bond donors (Lipinski definition) is 0. The van der Waals surface area contributed by atoms with Crippen LogP contribution in [0.5, 0.6) is 0 Å². The first-order valence-corrected chi connectivity index (χ1v) is 13.3. The average molecular weight is 508 g/mol. The zero-order chi connectivity index (χ0) is 26.6. The Kier molecular flexibility index (Phi) is 4.89. The van der Waals surface area contributed by atoms with E-state index in [9.17, 15) is 5.26 Å². The summed E-state index contributed by atoms with van der Waals surface area (Å²) in [5.41, 5.74) is 6.78. The lowest BCUT2D eigenvalue weighted by molar-refractivity contribution is 1.42. The molecule has 0 atom stereocenters. The van der Waals surface area contributed by atoms with E-state index in [0.29, 0.717) is 5.56 Å². The molecular formula is C37H21N3. The minimum absolute atomic E-state index is 0.682. The van der Waals surface area contributed by atoms with Crippen molar-refractivity contribution < 1.29 is 0 Å². The minimum Gasteiger partial charge on any atom is -0.256 e. The average Bonchev–Trinajstić information content (AvgIpc) is 3.03. The van der Waals surface area contributed by atoms with Gasteiger partial charge in [-0.25, -0.2) is 4.98 Å². The van der Waals surface area contributed by atoms with Gasteiger partial charge in [0.25, 0.3) is 0 Å². The number of fused-ring (bicyclic) bond motifs is 8. The highest BCUT2D eigenvalue weighted by Gasteiger charge is 2.16. The van der Waals surface area contributed by atoms with Gasteiger partial charge < -0.3 is 0 Å². The Hall–Kier alpha value is -5.59. The number of nitrogens with zero attached hydrogens (tertiary/aromatic N) is 3. The first-order valence-electron chi connectivity index (χ1n) is 13.3. The molecule has 0 amide bonds. The summed E-state index contributed by atoms with van der Waals surface area (Å²) in [6, 6.07) is 44.1. The minimum atomic E-state index is 0.682. The summed E-state index contributed by atoms with van der Waals surface area (Å²) in [5.74, 6) is 0. The van der Waals surface area contributed by atoms with Gasteiger partial charge >= 0.3 is 0 Å². The number of benzene rings is 6. The third kappa shape index (κ3) is 3.30. The smallest absolute Gasteiger partial charge is 0.0998 e. The molecule has 0 N–H and O–H groups in total. The summed E-state index contributed by atoms with van der Waals surface area (Å²) < 4.78 is 0. The van der Waals surface area contributed by atoms with Gasteiger partial charge in [-0.15, -0.1) is 0 Å². The van der Waals surface area contributed by atoms with E-state index in [-0.39, 0.29) is 0 Å². The molecule has 3 nitrogen and oxygen atoms in total. The number of rotatable bonds is 2. The zero-order valence-corrected chi connectivity index (χ0v) is 21.5. The van der Waals surface area contributed by atoms with Crippen LogP contribution in [0.2, 0.25) is 0 Å². The third-order valence-electron chi connectivity index (χ3n) is 7.91. The van der Waals surface area contributed by atoms with Gasteiger partial charge in [0.2, 0.25) is 0 Å². The van der Waals surface area contributed by atoms with Crippen molar-refractivity contribution in [3.05, 3.63) is 133 Å². The highest BCUT2D eigenvalue weighted by atomic mass is 14.7. The Morgan fingerprint density at radius 1 is 0.525 bits per heavy atom. The summed E-state index contributed by atoms with van der Waals surface area (Å²) >= 11 is 0. The molecule has 0 fully saturated rings. The molecule has 0 spiro atoms. The maximum Gasteiger partial charge on any atom is 0.0998 e. The molecule has 2 heterocycles. The fourth-order valence-electron chi connectivity index (χ4n) is 6.07. The van der Waals surface area contributed by atoms with Crippen LogP contribution in [0.15, 0.2) is 128 Å². The maximum atomic E-state index is 9.67. The van der Waals surface area contributed by atoms with Crippen LogP contribution in [0.3, 0.4) is 0 Å². The molecule has 0 aliphatic rings. The number of nitriles is 1. The molecule has 184 valence electrons. The van der Waals surface area contributed by atoms with Gasteiger partial charge in [0.1, 0.15) is 0 Å². The van der Waals surface area contributed by atoms with Crippen molar-refractivity contribution in [2.45, 2.75) is 0 Å². The van der Waals surface area contributed by atoms with Crippen LogP contribution in [0, 0.1) is 11.3 Å². The summed E-state index contributed by atoms with van der Waals surface area (Å²) in [6.45, 7) is 0. The molecule has 0 unspecified atom stereocenters. The number of hydrogen-bond acceptors (Lipinski definition) is 3. The second-order valence-electron chi connectivity index (χ2n) is 10.1. The van der Waals surface area contributed by atoms with E-state index >= 15 is 0 Å². The lowest BCUT2D eigenvalue weighted by Crippen LogP contribution is -1.93. The Labute approximate surface area is 230 Å². The normalized spacial score (nSPS) is 11.5. The second-order valence-corrected chi connectivity index (χ2v) is 10.1. The fourth-order valence-corrected chi connectivity index (χ4v) is 6.07. The van der Waals surface area contributed by atoms with Crippen LogP contribution >= 0.6 is 0 Å². The molecule has 0 saturated carbocycles. The summed E-state index contributed by atoms with van der Waals surface area (Å²) in [7, 11) is 0. The predicted molar refractivity (Wildman–Crippen MR) is 165 cm³/mol. The van der Waals surface area contributed by atoms with E-state index in [2.05, 4.69) is 91.0 Å². The number of aromatic nitrogens is 2. The van der Waals surface area contributed by atoms with Gasteiger partial charge in [-0.05, 0) is 46.2 Å². The molecule has 0 aliphatic heterocycles. The first kappa shape index (κ1) is 22.4. The van der Waals surface area contributed by atoms with Gasteiger partial charge in [-0.2, -0.15) is 5.26 Å². The highest BCUT2D eigenvalue weighted by molar-refractivity contribution is 6.28. The molecule has 40 heavy (non-hydrogen) atoms. The molecular weight excluding hydrogens is 486 g/mol. The van der Waals surface area contributed by atoms with Crippen LogP contribution in [0.1, 0.15) is 5.56 Å². The van der Waals surface area contributed by atoms with Crippen LogP contribution in [-0.4, -0.2) is 9.97 Å². The molecule has 0 aliphatic carbocycles. The summed E-state index contributed by atoms with van der Waals surface area (Å²) in [4.78, 5) is 10.1. The van der Waals surface area contributed by atoms with Crippen molar-refractivity contribution in [3.8, 4) is 28.5 Å². The van der Waals surface area contributed by atoms with Crippen molar-refractivity contribution in [2.75, 3.05) is 0 Å². The van der Waals surface area contributed by atoms with Gasteiger partial charge in [0, 0.05) is 44.1 Å². The lowest BCUT2D eigenvalue weighted by Gasteiger charge is -2.15.